The monoisotopic (exact) mass is 357 g/mol. The van der Waals surface area contributed by atoms with Crippen LogP contribution in [0, 0.1) is 3.57 Å². The highest BCUT2D eigenvalue weighted by Crippen LogP contribution is 2.25. The van der Waals surface area contributed by atoms with E-state index < -0.39 is 0 Å². The summed E-state index contributed by atoms with van der Waals surface area (Å²) < 4.78 is 1.25. The van der Waals surface area contributed by atoms with Crippen molar-refractivity contribution < 1.29 is 0 Å². The van der Waals surface area contributed by atoms with Crippen LogP contribution in [0.1, 0.15) is 18.4 Å². The van der Waals surface area contributed by atoms with Gasteiger partial charge in [-0.3, -0.25) is 10.4 Å². The molecule has 3 nitrogen and oxygen atoms in total. The standard InChI is InChI=1S/C12H12IN3S/c13-9-3-1-8(2-4-9)11-7-17-12(16-15-11)14-10-5-6-10/h1-4,10H,5-7H2,(H,14,16). The number of hydrazone groups is 1. The molecule has 0 saturated heterocycles. The summed E-state index contributed by atoms with van der Waals surface area (Å²) in [7, 11) is 0. The fourth-order valence-electron chi connectivity index (χ4n) is 1.54. The maximum atomic E-state index is 4.55. The van der Waals surface area contributed by atoms with E-state index in [1.54, 1.807) is 11.8 Å². The summed E-state index contributed by atoms with van der Waals surface area (Å²) in [6.45, 7) is 0. The molecule has 88 valence electrons. The molecule has 2 aliphatic rings. The van der Waals surface area contributed by atoms with Crippen LogP contribution in [-0.2, 0) is 0 Å². The van der Waals surface area contributed by atoms with Gasteiger partial charge in [-0.05, 0) is 53.1 Å². The zero-order valence-corrected chi connectivity index (χ0v) is 12.2. The lowest BCUT2D eigenvalue weighted by Crippen LogP contribution is -2.25. The molecule has 1 N–H and O–H groups in total. The van der Waals surface area contributed by atoms with Crippen LogP contribution in [0.2, 0.25) is 0 Å². The highest BCUT2D eigenvalue weighted by molar-refractivity contribution is 14.1. The molecule has 0 radical (unpaired) electrons. The molecule has 0 atom stereocenters. The fraction of sp³-hybridized carbons (Fsp3) is 0.333. The summed E-state index contributed by atoms with van der Waals surface area (Å²) in [6, 6.07) is 9.01. The molecule has 0 spiro atoms. The third kappa shape index (κ3) is 3.01. The second kappa shape index (κ2) is 4.97. The first-order valence-electron chi connectivity index (χ1n) is 5.60. The van der Waals surface area contributed by atoms with Crippen LogP contribution in [-0.4, -0.2) is 22.7 Å². The van der Waals surface area contributed by atoms with E-state index in [4.69, 9.17) is 0 Å². The summed E-state index contributed by atoms with van der Waals surface area (Å²) in [6.07, 6.45) is 2.47. The van der Waals surface area contributed by atoms with Crippen molar-refractivity contribution in [3.63, 3.8) is 0 Å². The van der Waals surface area contributed by atoms with E-state index in [9.17, 15) is 0 Å². The van der Waals surface area contributed by atoms with Crippen molar-refractivity contribution in [1.29, 1.82) is 0 Å². The quantitative estimate of drug-likeness (QED) is 0.827. The minimum atomic E-state index is 0.556. The zero-order valence-electron chi connectivity index (χ0n) is 9.19. The molecule has 0 unspecified atom stereocenters. The third-order valence-electron chi connectivity index (χ3n) is 2.66. The number of hydrogen-bond acceptors (Lipinski definition) is 3. The molecular weight excluding hydrogens is 345 g/mol. The predicted molar refractivity (Wildman–Crippen MR) is 81.7 cm³/mol. The third-order valence-corrected chi connectivity index (χ3v) is 4.26. The number of benzene rings is 1. The average molecular weight is 357 g/mol. The van der Waals surface area contributed by atoms with Gasteiger partial charge in [-0.25, -0.2) is 0 Å². The van der Waals surface area contributed by atoms with Crippen LogP contribution in [0.4, 0.5) is 0 Å². The number of aliphatic imine (C=N–C) groups is 1. The van der Waals surface area contributed by atoms with Crippen molar-refractivity contribution in [2.75, 3.05) is 5.75 Å². The first kappa shape index (κ1) is 11.5. The molecule has 17 heavy (non-hydrogen) atoms. The Balaban J connectivity index is 1.73. The summed E-state index contributed by atoms with van der Waals surface area (Å²) in [5, 5.41) is 5.38. The summed E-state index contributed by atoms with van der Waals surface area (Å²) in [5.74, 6) is 0.902. The molecule has 0 amide bonds. The Labute approximate surface area is 118 Å². The minimum Gasteiger partial charge on any atom is -0.258 e. The molecule has 1 heterocycles. The maximum Gasteiger partial charge on any atom is 0.177 e. The Hall–Kier alpha value is -0.560. The Morgan fingerprint density at radius 2 is 2.06 bits per heavy atom. The Morgan fingerprint density at radius 3 is 2.65 bits per heavy atom. The molecule has 1 aliphatic heterocycles. The van der Waals surface area contributed by atoms with Crippen molar-refractivity contribution in [3.05, 3.63) is 33.4 Å². The van der Waals surface area contributed by atoms with Gasteiger partial charge in [0.25, 0.3) is 0 Å². The number of amidine groups is 1. The molecule has 1 fully saturated rings. The van der Waals surface area contributed by atoms with Gasteiger partial charge < -0.3 is 0 Å². The van der Waals surface area contributed by atoms with E-state index >= 15 is 0 Å². The lowest BCUT2D eigenvalue weighted by molar-refractivity contribution is 0.985. The molecule has 5 heteroatoms. The van der Waals surface area contributed by atoms with E-state index in [2.05, 4.69) is 62.4 Å². The number of hydrogen-bond donors (Lipinski definition) is 1. The van der Waals surface area contributed by atoms with Crippen molar-refractivity contribution in [2.45, 2.75) is 18.9 Å². The van der Waals surface area contributed by atoms with Gasteiger partial charge in [0.2, 0.25) is 0 Å². The van der Waals surface area contributed by atoms with Crippen LogP contribution in [0.15, 0.2) is 34.4 Å². The van der Waals surface area contributed by atoms with E-state index in [-0.39, 0.29) is 0 Å². The highest BCUT2D eigenvalue weighted by atomic mass is 127. The van der Waals surface area contributed by atoms with Crippen LogP contribution in [0.5, 0.6) is 0 Å². The van der Waals surface area contributed by atoms with Crippen molar-refractivity contribution >= 4 is 45.2 Å². The normalized spacial score (nSPS) is 22.2. The average Bonchev–Trinajstić information content (AvgIpc) is 3.15. The summed E-state index contributed by atoms with van der Waals surface area (Å²) in [4.78, 5) is 4.55. The van der Waals surface area contributed by atoms with Gasteiger partial charge in [-0.1, -0.05) is 23.9 Å². The van der Waals surface area contributed by atoms with E-state index in [0.29, 0.717) is 6.04 Å². The van der Waals surface area contributed by atoms with Gasteiger partial charge in [0, 0.05) is 9.32 Å². The van der Waals surface area contributed by atoms with Gasteiger partial charge >= 0.3 is 0 Å². The Kier molecular flexibility index (Phi) is 3.37. The number of rotatable bonds is 2. The number of halogens is 1. The number of thioether (sulfide) groups is 1. The molecule has 0 bridgehead atoms. The molecule has 1 saturated carbocycles. The van der Waals surface area contributed by atoms with E-state index in [1.807, 2.05) is 0 Å². The second-order valence-electron chi connectivity index (χ2n) is 4.13. The minimum absolute atomic E-state index is 0.556. The zero-order chi connectivity index (χ0) is 11.7. The molecular formula is C12H12IN3S. The van der Waals surface area contributed by atoms with Gasteiger partial charge in [0.05, 0.1) is 11.8 Å². The maximum absolute atomic E-state index is 4.55. The van der Waals surface area contributed by atoms with Crippen LogP contribution >= 0.6 is 34.4 Å². The molecule has 1 aliphatic carbocycles. The summed E-state index contributed by atoms with van der Waals surface area (Å²) in [5.41, 5.74) is 5.34. The molecule has 1 aromatic carbocycles. The molecule has 3 rings (SSSR count). The first-order valence-corrected chi connectivity index (χ1v) is 7.67. The SMILES string of the molecule is Ic1ccc(C2=NNC(=NC3CC3)SC2)cc1. The first-order chi connectivity index (χ1) is 8.31. The van der Waals surface area contributed by atoms with Crippen molar-refractivity contribution in [2.24, 2.45) is 10.1 Å². The van der Waals surface area contributed by atoms with Crippen LogP contribution < -0.4 is 5.43 Å². The smallest absolute Gasteiger partial charge is 0.177 e. The lowest BCUT2D eigenvalue weighted by Gasteiger charge is -2.14. The van der Waals surface area contributed by atoms with Crippen molar-refractivity contribution in [1.82, 2.24) is 5.43 Å². The van der Waals surface area contributed by atoms with Gasteiger partial charge in [0.1, 0.15) is 0 Å². The van der Waals surface area contributed by atoms with Gasteiger partial charge in [-0.15, -0.1) is 0 Å². The second-order valence-corrected chi connectivity index (χ2v) is 6.34. The fourth-order valence-corrected chi connectivity index (χ4v) is 2.74. The highest BCUT2D eigenvalue weighted by Gasteiger charge is 2.22. The predicted octanol–water partition coefficient (Wildman–Crippen LogP) is 2.85. The van der Waals surface area contributed by atoms with Crippen LogP contribution in [0.3, 0.4) is 0 Å². The Morgan fingerprint density at radius 1 is 1.29 bits per heavy atom. The van der Waals surface area contributed by atoms with Gasteiger partial charge in [-0.2, -0.15) is 5.10 Å². The van der Waals surface area contributed by atoms with Crippen LogP contribution in [0.25, 0.3) is 0 Å². The lowest BCUT2D eigenvalue weighted by atomic mass is 10.1. The number of nitrogens with zero attached hydrogens (tertiary/aromatic N) is 2. The largest absolute Gasteiger partial charge is 0.258 e. The molecule has 1 aromatic rings. The Bertz CT molecular complexity index is 477. The van der Waals surface area contributed by atoms with Crippen molar-refractivity contribution in [3.8, 4) is 0 Å². The van der Waals surface area contributed by atoms with E-state index in [1.165, 1.54) is 22.0 Å². The summed E-state index contributed by atoms with van der Waals surface area (Å²) >= 11 is 4.06. The number of nitrogens with one attached hydrogen (secondary N) is 1. The van der Waals surface area contributed by atoms with E-state index in [0.717, 1.165) is 16.6 Å². The topological polar surface area (TPSA) is 36.8 Å². The molecule has 0 aromatic heterocycles. The van der Waals surface area contributed by atoms with Gasteiger partial charge in [0.15, 0.2) is 5.17 Å².